The standard InChI is InChI=1S/C19H29N3O3S/c1-4-7-14-22(5-2)15-13-21-26(23,24)18-11-10-17(25-6-3)19-16(18)9-8-12-20-19/h8-12,21H,4-7,13-15H2,1-3H3. The van der Waals surface area contributed by atoms with E-state index < -0.39 is 10.0 Å². The Bertz CT molecular complexity index is 809. The van der Waals surface area contributed by atoms with Crippen LogP contribution in [0.15, 0.2) is 35.4 Å². The van der Waals surface area contributed by atoms with Gasteiger partial charge < -0.3 is 9.64 Å². The average Bonchev–Trinajstić information content (AvgIpc) is 2.64. The number of benzene rings is 1. The Morgan fingerprint density at radius 2 is 1.96 bits per heavy atom. The molecule has 0 radical (unpaired) electrons. The number of sulfonamides is 1. The summed E-state index contributed by atoms with van der Waals surface area (Å²) in [7, 11) is -3.62. The molecule has 6 nitrogen and oxygen atoms in total. The highest BCUT2D eigenvalue weighted by Crippen LogP contribution is 2.29. The van der Waals surface area contributed by atoms with E-state index in [2.05, 4.69) is 28.5 Å². The van der Waals surface area contributed by atoms with E-state index in [1.165, 1.54) is 0 Å². The summed E-state index contributed by atoms with van der Waals surface area (Å²) in [5, 5.41) is 0.573. The van der Waals surface area contributed by atoms with Gasteiger partial charge in [0.15, 0.2) is 0 Å². The minimum Gasteiger partial charge on any atom is -0.492 e. The number of nitrogens with zero attached hydrogens (tertiary/aromatic N) is 2. The summed E-state index contributed by atoms with van der Waals surface area (Å²) < 4.78 is 33.9. The molecule has 1 heterocycles. The third-order valence-corrected chi connectivity index (χ3v) is 5.80. The Kier molecular flexibility index (Phi) is 7.81. The topological polar surface area (TPSA) is 71.5 Å². The Labute approximate surface area is 156 Å². The molecule has 0 unspecified atom stereocenters. The first-order valence-corrected chi connectivity index (χ1v) is 10.7. The van der Waals surface area contributed by atoms with Gasteiger partial charge in [0.05, 0.1) is 11.5 Å². The van der Waals surface area contributed by atoms with Crippen molar-refractivity contribution in [2.75, 3.05) is 32.8 Å². The van der Waals surface area contributed by atoms with Crippen molar-refractivity contribution >= 4 is 20.9 Å². The lowest BCUT2D eigenvalue weighted by Crippen LogP contribution is -2.35. The van der Waals surface area contributed by atoms with Crippen LogP contribution in [0.25, 0.3) is 10.9 Å². The minimum atomic E-state index is -3.62. The van der Waals surface area contributed by atoms with Crippen LogP contribution in [0.4, 0.5) is 0 Å². The third kappa shape index (κ3) is 5.16. The van der Waals surface area contributed by atoms with Gasteiger partial charge in [-0.05, 0) is 50.7 Å². The lowest BCUT2D eigenvalue weighted by molar-refractivity contribution is 0.288. The zero-order chi connectivity index (χ0) is 19.0. The van der Waals surface area contributed by atoms with Gasteiger partial charge >= 0.3 is 0 Å². The number of rotatable bonds is 11. The van der Waals surface area contributed by atoms with Crippen molar-refractivity contribution in [3.05, 3.63) is 30.5 Å². The molecular weight excluding hydrogens is 350 g/mol. The first-order chi connectivity index (χ1) is 12.5. The van der Waals surface area contributed by atoms with E-state index in [4.69, 9.17) is 4.74 Å². The number of aromatic nitrogens is 1. The maximum Gasteiger partial charge on any atom is 0.241 e. The summed E-state index contributed by atoms with van der Waals surface area (Å²) in [4.78, 5) is 6.79. The summed E-state index contributed by atoms with van der Waals surface area (Å²) in [6.07, 6.45) is 3.89. The van der Waals surface area contributed by atoms with Gasteiger partial charge in [0.25, 0.3) is 0 Å². The van der Waals surface area contributed by atoms with Crippen molar-refractivity contribution in [3.63, 3.8) is 0 Å². The largest absolute Gasteiger partial charge is 0.492 e. The number of unbranched alkanes of at least 4 members (excludes halogenated alkanes) is 1. The molecule has 2 aromatic rings. The van der Waals surface area contributed by atoms with Gasteiger partial charge in [-0.25, -0.2) is 13.1 Å². The Hall–Kier alpha value is -1.70. The molecule has 2 rings (SSSR count). The number of pyridine rings is 1. The highest BCUT2D eigenvalue weighted by Gasteiger charge is 2.19. The zero-order valence-corrected chi connectivity index (χ0v) is 16.7. The molecule has 0 saturated heterocycles. The molecule has 0 aliphatic heterocycles. The summed E-state index contributed by atoms with van der Waals surface area (Å²) in [6, 6.07) is 6.76. The molecule has 0 aliphatic rings. The van der Waals surface area contributed by atoms with Gasteiger partial charge in [-0.3, -0.25) is 4.98 Å². The number of fused-ring (bicyclic) bond motifs is 1. The van der Waals surface area contributed by atoms with Gasteiger partial charge in [0.2, 0.25) is 10.0 Å². The Balaban J connectivity index is 2.17. The normalized spacial score (nSPS) is 12.0. The van der Waals surface area contributed by atoms with Crippen LogP contribution in [0.2, 0.25) is 0 Å². The van der Waals surface area contributed by atoms with Gasteiger partial charge in [-0.2, -0.15) is 0 Å². The minimum absolute atomic E-state index is 0.237. The molecule has 0 fully saturated rings. The average molecular weight is 380 g/mol. The second kappa shape index (κ2) is 9.85. The van der Waals surface area contributed by atoms with Crippen LogP contribution in [-0.4, -0.2) is 51.1 Å². The van der Waals surface area contributed by atoms with Gasteiger partial charge in [0.1, 0.15) is 11.3 Å². The molecule has 144 valence electrons. The van der Waals surface area contributed by atoms with Crippen molar-refractivity contribution in [2.45, 2.75) is 38.5 Å². The van der Waals surface area contributed by atoms with Gasteiger partial charge in [-0.1, -0.05) is 20.3 Å². The van der Waals surface area contributed by atoms with Crippen LogP contribution in [0.3, 0.4) is 0 Å². The van der Waals surface area contributed by atoms with E-state index in [0.717, 1.165) is 25.9 Å². The fraction of sp³-hybridized carbons (Fsp3) is 0.526. The second-order valence-corrected chi connectivity index (χ2v) is 7.82. The number of nitrogens with one attached hydrogen (secondary N) is 1. The van der Waals surface area contributed by atoms with E-state index in [1.807, 2.05) is 6.92 Å². The molecule has 0 atom stereocenters. The van der Waals surface area contributed by atoms with Crippen molar-refractivity contribution < 1.29 is 13.2 Å². The first-order valence-electron chi connectivity index (χ1n) is 9.26. The van der Waals surface area contributed by atoms with E-state index in [0.29, 0.717) is 36.3 Å². The van der Waals surface area contributed by atoms with Gasteiger partial charge in [-0.15, -0.1) is 0 Å². The molecule has 0 saturated carbocycles. The highest BCUT2D eigenvalue weighted by atomic mass is 32.2. The monoisotopic (exact) mass is 379 g/mol. The predicted octanol–water partition coefficient (Wildman–Crippen LogP) is 3.03. The summed E-state index contributed by atoms with van der Waals surface area (Å²) in [5.74, 6) is 0.596. The van der Waals surface area contributed by atoms with Crippen LogP contribution in [0, 0.1) is 0 Å². The summed E-state index contributed by atoms with van der Waals surface area (Å²) >= 11 is 0. The molecule has 26 heavy (non-hydrogen) atoms. The third-order valence-electron chi connectivity index (χ3n) is 4.28. The number of ether oxygens (including phenoxy) is 1. The van der Waals surface area contributed by atoms with Gasteiger partial charge in [0, 0.05) is 24.7 Å². The molecule has 0 amide bonds. The molecule has 0 spiro atoms. The lowest BCUT2D eigenvalue weighted by atomic mass is 10.2. The predicted molar refractivity (Wildman–Crippen MR) is 105 cm³/mol. The fourth-order valence-corrected chi connectivity index (χ4v) is 4.07. The molecular formula is C19H29N3O3S. The summed E-state index contributed by atoms with van der Waals surface area (Å²) in [6.45, 7) is 9.62. The van der Waals surface area contributed by atoms with E-state index in [-0.39, 0.29) is 4.90 Å². The summed E-state index contributed by atoms with van der Waals surface area (Å²) in [5.41, 5.74) is 0.565. The van der Waals surface area contributed by atoms with E-state index in [9.17, 15) is 8.42 Å². The number of hydrogen-bond acceptors (Lipinski definition) is 5. The van der Waals surface area contributed by atoms with Crippen molar-refractivity contribution in [2.24, 2.45) is 0 Å². The lowest BCUT2D eigenvalue weighted by Gasteiger charge is -2.20. The molecule has 1 N–H and O–H groups in total. The SMILES string of the molecule is CCCCN(CC)CCNS(=O)(=O)c1ccc(OCC)c2ncccc12. The van der Waals surface area contributed by atoms with Crippen LogP contribution < -0.4 is 9.46 Å². The smallest absolute Gasteiger partial charge is 0.241 e. The number of hydrogen-bond donors (Lipinski definition) is 1. The van der Waals surface area contributed by atoms with Crippen LogP contribution in [-0.2, 0) is 10.0 Å². The zero-order valence-electron chi connectivity index (χ0n) is 15.9. The maximum atomic E-state index is 12.8. The maximum absolute atomic E-state index is 12.8. The van der Waals surface area contributed by atoms with E-state index >= 15 is 0 Å². The quantitative estimate of drug-likeness (QED) is 0.650. The molecule has 1 aromatic heterocycles. The highest BCUT2D eigenvalue weighted by molar-refractivity contribution is 7.89. The van der Waals surface area contributed by atoms with Crippen molar-refractivity contribution in [3.8, 4) is 5.75 Å². The molecule has 7 heteroatoms. The Morgan fingerprint density at radius 1 is 1.15 bits per heavy atom. The first kappa shape index (κ1) is 20.6. The van der Waals surface area contributed by atoms with Crippen LogP contribution in [0.5, 0.6) is 5.75 Å². The Morgan fingerprint density at radius 3 is 2.65 bits per heavy atom. The second-order valence-electron chi connectivity index (χ2n) is 6.08. The van der Waals surface area contributed by atoms with Crippen LogP contribution >= 0.6 is 0 Å². The van der Waals surface area contributed by atoms with E-state index in [1.54, 1.807) is 30.5 Å². The number of likely N-dealkylation sites (N-methyl/N-ethyl adjacent to an activating group) is 1. The molecule has 0 bridgehead atoms. The van der Waals surface area contributed by atoms with Crippen molar-refractivity contribution in [1.29, 1.82) is 0 Å². The molecule has 0 aliphatic carbocycles. The molecule has 1 aromatic carbocycles. The fourth-order valence-electron chi connectivity index (χ4n) is 2.85. The van der Waals surface area contributed by atoms with Crippen molar-refractivity contribution in [1.82, 2.24) is 14.6 Å². The van der Waals surface area contributed by atoms with Crippen LogP contribution in [0.1, 0.15) is 33.6 Å².